The lowest BCUT2D eigenvalue weighted by Gasteiger charge is -2.20. The van der Waals surface area contributed by atoms with E-state index in [-0.39, 0.29) is 5.82 Å². The quantitative estimate of drug-likeness (QED) is 0.730. The third kappa shape index (κ3) is 2.88. The molecule has 0 spiro atoms. The summed E-state index contributed by atoms with van der Waals surface area (Å²) in [7, 11) is 2.00. The SMILES string of the molecule is Cc1csc(CN(C)c2cc(C)nc3ccc(F)cc23)n1. The van der Waals surface area contributed by atoms with Crippen molar-refractivity contribution in [1.29, 1.82) is 0 Å². The minimum absolute atomic E-state index is 0.243. The maximum Gasteiger partial charge on any atom is 0.124 e. The third-order valence-corrected chi connectivity index (χ3v) is 4.28. The Morgan fingerprint density at radius 3 is 2.67 bits per heavy atom. The predicted molar refractivity (Wildman–Crippen MR) is 85.4 cm³/mol. The number of hydrogen-bond donors (Lipinski definition) is 0. The van der Waals surface area contributed by atoms with Crippen molar-refractivity contribution < 1.29 is 4.39 Å². The number of fused-ring (bicyclic) bond motifs is 1. The van der Waals surface area contributed by atoms with Gasteiger partial charge in [0.05, 0.1) is 12.1 Å². The molecule has 0 saturated carbocycles. The summed E-state index contributed by atoms with van der Waals surface area (Å²) in [5, 5.41) is 3.92. The second-order valence-corrected chi connectivity index (χ2v) is 6.13. The van der Waals surface area contributed by atoms with Crippen LogP contribution in [0.25, 0.3) is 10.9 Å². The van der Waals surface area contributed by atoms with E-state index >= 15 is 0 Å². The summed E-state index contributed by atoms with van der Waals surface area (Å²) < 4.78 is 13.6. The van der Waals surface area contributed by atoms with Crippen LogP contribution < -0.4 is 4.90 Å². The fourth-order valence-electron chi connectivity index (χ4n) is 2.39. The molecular weight excluding hydrogens is 285 g/mol. The maximum atomic E-state index is 13.6. The molecule has 0 atom stereocenters. The average Bonchev–Trinajstić information content (AvgIpc) is 2.83. The molecule has 3 nitrogen and oxygen atoms in total. The van der Waals surface area contributed by atoms with Gasteiger partial charge in [-0.1, -0.05) is 0 Å². The summed E-state index contributed by atoms with van der Waals surface area (Å²) in [6, 6.07) is 6.70. The molecule has 0 fully saturated rings. The smallest absolute Gasteiger partial charge is 0.124 e. The van der Waals surface area contributed by atoms with E-state index < -0.39 is 0 Å². The summed E-state index contributed by atoms with van der Waals surface area (Å²) in [5.74, 6) is -0.243. The molecule has 0 saturated heterocycles. The Morgan fingerprint density at radius 1 is 1.14 bits per heavy atom. The highest BCUT2D eigenvalue weighted by Crippen LogP contribution is 2.28. The van der Waals surface area contributed by atoms with Crippen LogP contribution in [0, 0.1) is 19.7 Å². The molecule has 2 heterocycles. The van der Waals surface area contributed by atoms with Gasteiger partial charge < -0.3 is 4.90 Å². The first kappa shape index (κ1) is 13.9. The van der Waals surface area contributed by atoms with Crippen molar-refractivity contribution in [2.45, 2.75) is 20.4 Å². The number of halogens is 1. The fourth-order valence-corrected chi connectivity index (χ4v) is 3.21. The van der Waals surface area contributed by atoms with Crippen LogP contribution in [-0.2, 0) is 6.54 Å². The first-order valence-corrected chi connectivity index (χ1v) is 7.60. The number of hydrogen-bond acceptors (Lipinski definition) is 4. The molecule has 3 rings (SSSR count). The van der Waals surface area contributed by atoms with Gasteiger partial charge in [0.1, 0.15) is 10.8 Å². The molecule has 0 radical (unpaired) electrons. The van der Waals surface area contributed by atoms with E-state index in [1.807, 2.05) is 32.3 Å². The van der Waals surface area contributed by atoms with E-state index in [9.17, 15) is 4.39 Å². The summed E-state index contributed by atoms with van der Waals surface area (Å²) in [5.41, 5.74) is 3.75. The Kier molecular flexibility index (Phi) is 3.59. The van der Waals surface area contributed by atoms with Crippen molar-refractivity contribution in [3.05, 3.63) is 51.9 Å². The van der Waals surface area contributed by atoms with E-state index in [1.54, 1.807) is 23.5 Å². The fraction of sp³-hybridized carbons (Fsp3) is 0.250. The monoisotopic (exact) mass is 301 g/mol. The van der Waals surface area contributed by atoms with Crippen LogP contribution in [0.5, 0.6) is 0 Å². The van der Waals surface area contributed by atoms with E-state index in [0.29, 0.717) is 6.54 Å². The molecule has 0 bridgehead atoms. The molecule has 1 aromatic carbocycles. The Hall–Kier alpha value is -2.01. The summed E-state index contributed by atoms with van der Waals surface area (Å²) in [6.07, 6.45) is 0. The summed E-state index contributed by atoms with van der Waals surface area (Å²) in [6.45, 7) is 4.64. The zero-order valence-corrected chi connectivity index (χ0v) is 13.0. The second kappa shape index (κ2) is 5.41. The zero-order chi connectivity index (χ0) is 15.0. The van der Waals surface area contributed by atoms with E-state index in [4.69, 9.17) is 0 Å². The van der Waals surface area contributed by atoms with E-state index in [0.717, 1.165) is 33.0 Å². The summed E-state index contributed by atoms with van der Waals surface area (Å²) >= 11 is 1.64. The van der Waals surface area contributed by atoms with Gasteiger partial charge in [0.25, 0.3) is 0 Å². The van der Waals surface area contributed by atoms with Crippen LogP contribution in [-0.4, -0.2) is 17.0 Å². The van der Waals surface area contributed by atoms with Crippen LogP contribution in [0.2, 0.25) is 0 Å². The van der Waals surface area contributed by atoms with Crippen LogP contribution in [0.3, 0.4) is 0 Å². The van der Waals surface area contributed by atoms with Gasteiger partial charge in [-0.25, -0.2) is 9.37 Å². The highest BCUT2D eigenvalue weighted by Gasteiger charge is 2.11. The minimum Gasteiger partial charge on any atom is -0.367 e. The molecule has 21 heavy (non-hydrogen) atoms. The average molecular weight is 301 g/mol. The van der Waals surface area contributed by atoms with E-state index in [1.165, 1.54) is 6.07 Å². The Balaban J connectivity index is 2.03. The summed E-state index contributed by atoms with van der Waals surface area (Å²) in [4.78, 5) is 11.0. The highest BCUT2D eigenvalue weighted by molar-refractivity contribution is 7.09. The van der Waals surface area contributed by atoms with Crippen molar-refractivity contribution in [2.75, 3.05) is 11.9 Å². The van der Waals surface area contributed by atoms with Crippen molar-refractivity contribution in [2.24, 2.45) is 0 Å². The lowest BCUT2D eigenvalue weighted by molar-refractivity contribution is 0.629. The van der Waals surface area contributed by atoms with Gasteiger partial charge in [-0.3, -0.25) is 4.98 Å². The minimum atomic E-state index is -0.243. The van der Waals surface area contributed by atoms with Crippen molar-refractivity contribution in [1.82, 2.24) is 9.97 Å². The zero-order valence-electron chi connectivity index (χ0n) is 12.2. The molecule has 0 amide bonds. The first-order valence-electron chi connectivity index (χ1n) is 6.72. The van der Waals surface area contributed by atoms with Gasteiger partial charge in [-0.2, -0.15) is 0 Å². The molecule has 0 aliphatic rings. The molecule has 2 aromatic heterocycles. The van der Waals surface area contributed by atoms with Gasteiger partial charge in [-0.15, -0.1) is 11.3 Å². The van der Waals surface area contributed by atoms with Crippen LogP contribution >= 0.6 is 11.3 Å². The van der Waals surface area contributed by atoms with Gasteiger partial charge in [0.2, 0.25) is 0 Å². The highest BCUT2D eigenvalue weighted by atomic mass is 32.1. The largest absolute Gasteiger partial charge is 0.367 e. The van der Waals surface area contributed by atoms with Crippen LogP contribution in [0.15, 0.2) is 29.6 Å². The standard InChI is InChI=1S/C16H16FN3S/c1-10-6-15(13-7-12(17)4-5-14(13)18-10)20(3)8-16-19-11(2)9-21-16/h4-7,9H,8H2,1-3H3. The number of thiazole rings is 1. The van der Waals surface area contributed by atoms with Crippen LogP contribution in [0.4, 0.5) is 10.1 Å². The Bertz CT molecular complexity index is 797. The molecule has 3 aromatic rings. The molecule has 5 heteroatoms. The molecular formula is C16H16FN3S. The van der Waals surface area contributed by atoms with Crippen LogP contribution in [0.1, 0.15) is 16.4 Å². The molecule has 0 aliphatic heterocycles. The number of anilines is 1. The van der Waals surface area contributed by atoms with Gasteiger partial charge in [0.15, 0.2) is 0 Å². The lowest BCUT2D eigenvalue weighted by atomic mass is 10.1. The lowest BCUT2D eigenvalue weighted by Crippen LogP contribution is -2.17. The topological polar surface area (TPSA) is 29.0 Å². The van der Waals surface area contributed by atoms with Gasteiger partial charge >= 0.3 is 0 Å². The predicted octanol–water partition coefficient (Wildman–Crippen LogP) is 4.08. The molecule has 0 aliphatic carbocycles. The third-order valence-electron chi connectivity index (χ3n) is 3.33. The molecule has 108 valence electrons. The Labute approximate surface area is 127 Å². The maximum absolute atomic E-state index is 13.6. The number of aryl methyl sites for hydroxylation is 2. The number of nitrogens with zero attached hydrogens (tertiary/aromatic N) is 3. The van der Waals surface area contributed by atoms with E-state index in [2.05, 4.69) is 14.9 Å². The van der Waals surface area contributed by atoms with Gasteiger partial charge in [-0.05, 0) is 38.1 Å². The van der Waals surface area contributed by atoms with Crippen molar-refractivity contribution >= 4 is 27.9 Å². The molecule has 0 N–H and O–H groups in total. The number of aromatic nitrogens is 2. The van der Waals surface area contributed by atoms with Crippen molar-refractivity contribution in [3.63, 3.8) is 0 Å². The number of benzene rings is 1. The first-order chi connectivity index (χ1) is 10.0. The molecule has 0 unspecified atom stereocenters. The normalized spacial score (nSPS) is 11.0. The van der Waals surface area contributed by atoms with Gasteiger partial charge in [0, 0.05) is 34.9 Å². The number of rotatable bonds is 3. The number of pyridine rings is 1. The Morgan fingerprint density at radius 2 is 1.95 bits per heavy atom. The van der Waals surface area contributed by atoms with Crippen molar-refractivity contribution in [3.8, 4) is 0 Å². The second-order valence-electron chi connectivity index (χ2n) is 5.18.